The van der Waals surface area contributed by atoms with Gasteiger partial charge in [0.1, 0.15) is 5.82 Å². The van der Waals surface area contributed by atoms with Crippen molar-refractivity contribution >= 4 is 11.6 Å². The highest BCUT2D eigenvalue weighted by atomic mass is 19.1. The zero-order chi connectivity index (χ0) is 14.7. The Morgan fingerprint density at radius 1 is 1.30 bits per heavy atom. The topological polar surface area (TPSA) is 41.6 Å². The van der Waals surface area contributed by atoms with Crippen LogP contribution in [0.4, 0.5) is 10.1 Å². The molecule has 2 rings (SSSR count). The van der Waals surface area contributed by atoms with E-state index < -0.39 is 0 Å². The van der Waals surface area contributed by atoms with E-state index in [1.165, 1.54) is 12.1 Å². The first kappa shape index (κ1) is 14.9. The van der Waals surface area contributed by atoms with Gasteiger partial charge in [0.15, 0.2) is 0 Å². The summed E-state index contributed by atoms with van der Waals surface area (Å²) in [4.78, 5) is 14.3. The van der Waals surface area contributed by atoms with Crippen LogP contribution in [0.15, 0.2) is 24.3 Å². The van der Waals surface area contributed by atoms with Gasteiger partial charge in [0.2, 0.25) is 5.91 Å². The molecule has 4 nitrogen and oxygen atoms in total. The Kier molecular flexibility index (Phi) is 4.73. The summed E-state index contributed by atoms with van der Waals surface area (Å²) in [6.45, 7) is 7.37. The SMILES string of the molecule is C[C@@H]1CN([C@@H](C)C(=O)Nc2ccc(F)cc2)C[C@H](C)O1. The molecule has 0 spiro atoms. The molecule has 0 radical (unpaired) electrons. The van der Waals surface area contributed by atoms with Crippen molar-refractivity contribution in [3.8, 4) is 0 Å². The number of hydrogen-bond acceptors (Lipinski definition) is 3. The molecule has 1 aliphatic heterocycles. The van der Waals surface area contributed by atoms with Gasteiger partial charge in [-0.2, -0.15) is 0 Å². The number of anilines is 1. The molecule has 0 unspecified atom stereocenters. The van der Waals surface area contributed by atoms with Crippen LogP contribution in [-0.2, 0) is 9.53 Å². The van der Waals surface area contributed by atoms with Crippen LogP contribution in [0.1, 0.15) is 20.8 Å². The molecule has 1 aliphatic rings. The third-order valence-corrected chi connectivity index (χ3v) is 3.49. The fraction of sp³-hybridized carbons (Fsp3) is 0.533. The van der Waals surface area contributed by atoms with E-state index in [1.54, 1.807) is 12.1 Å². The number of hydrogen-bond donors (Lipinski definition) is 1. The standard InChI is InChI=1S/C15H21FN2O2/c1-10-8-18(9-11(2)20-10)12(3)15(19)17-14-6-4-13(16)5-7-14/h4-7,10-12H,8-9H2,1-3H3,(H,17,19)/t10-,11+,12-/m0/s1. The van der Waals surface area contributed by atoms with E-state index in [2.05, 4.69) is 10.2 Å². The Labute approximate surface area is 118 Å². The maximum Gasteiger partial charge on any atom is 0.241 e. The monoisotopic (exact) mass is 280 g/mol. The molecule has 3 atom stereocenters. The Morgan fingerprint density at radius 2 is 1.85 bits per heavy atom. The second-order valence-electron chi connectivity index (χ2n) is 5.38. The third kappa shape index (κ3) is 3.77. The summed E-state index contributed by atoms with van der Waals surface area (Å²) in [5.74, 6) is -0.398. The van der Waals surface area contributed by atoms with E-state index in [-0.39, 0.29) is 30.0 Å². The van der Waals surface area contributed by atoms with E-state index in [4.69, 9.17) is 4.74 Å². The molecule has 5 heteroatoms. The van der Waals surface area contributed by atoms with Gasteiger partial charge in [-0.15, -0.1) is 0 Å². The molecule has 1 aromatic rings. The maximum absolute atomic E-state index is 12.8. The Balaban J connectivity index is 1.96. The van der Waals surface area contributed by atoms with Crippen LogP contribution in [0.25, 0.3) is 0 Å². The second kappa shape index (κ2) is 6.33. The smallest absolute Gasteiger partial charge is 0.241 e. The van der Waals surface area contributed by atoms with Crippen molar-refractivity contribution < 1.29 is 13.9 Å². The molecular weight excluding hydrogens is 259 g/mol. The summed E-state index contributed by atoms with van der Waals surface area (Å²) in [7, 11) is 0. The average molecular weight is 280 g/mol. The summed E-state index contributed by atoms with van der Waals surface area (Å²) in [6, 6.07) is 5.54. The van der Waals surface area contributed by atoms with Gasteiger partial charge < -0.3 is 10.1 Å². The molecule has 0 bridgehead atoms. The zero-order valence-corrected chi connectivity index (χ0v) is 12.1. The number of ether oxygens (including phenoxy) is 1. The second-order valence-corrected chi connectivity index (χ2v) is 5.38. The van der Waals surface area contributed by atoms with Gasteiger partial charge in [0.05, 0.1) is 18.2 Å². The van der Waals surface area contributed by atoms with Gasteiger partial charge >= 0.3 is 0 Å². The average Bonchev–Trinajstić information content (AvgIpc) is 2.39. The minimum Gasteiger partial charge on any atom is -0.373 e. The highest BCUT2D eigenvalue weighted by Gasteiger charge is 2.29. The van der Waals surface area contributed by atoms with Gasteiger partial charge in [-0.3, -0.25) is 9.69 Å². The van der Waals surface area contributed by atoms with E-state index in [9.17, 15) is 9.18 Å². The first-order chi connectivity index (χ1) is 9.45. The predicted octanol–water partition coefficient (Wildman–Crippen LogP) is 2.26. The van der Waals surface area contributed by atoms with Crippen molar-refractivity contribution in [1.82, 2.24) is 4.90 Å². The molecule has 1 N–H and O–H groups in total. The highest BCUT2D eigenvalue weighted by Crippen LogP contribution is 2.15. The highest BCUT2D eigenvalue weighted by molar-refractivity contribution is 5.94. The third-order valence-electron chi connectivity index (χ3n) is 3.49. The number of amides is 1. The summed E-state index contributed by atoms with van der Waals surface area (Å²) in [5.41, 5.74) is 0.609. The van der Waals surface area contributed by atoms with Crippen LogP contribution < -0.4 is 5.32 Å². The van der Waals surface area contributed by atoms with Crippen molar-refractivity contribution in [2.75, 3.05) is 18.4 Å². The minimum absolute atomic E-state index is 0.0853. The van der Waals surface area contributed by atoms with Crippen molar-refractivity contribution in [2.24, 2.45) is 0 Å². The molecule has 0 aliphatic carbocycles. The molecule has 0 aromatic heterocycles. The zero-order valence-electron chi connectivity index (χ0n) is 12.1. The van der Waals surface area contributed by atoms with Crippen LogP contribution in [0.2, 0.25) is 0 Å². The number of morpholine rings is 1. The number of benzene rings is 1. The lowest BCUT2D eigenvalue weighted by Gasteiger charge is -2.38. The number of nitrogens with zero attached hydrogens (tertiary/aromatic N) is 1. The normalized spacial score (nSPS) is 25.2. The van der Waals surface area contributed by atoms with Crippen LogP contribution in [0.3, 0.4) is 0 Å². The molecule has 20 heavy (non-hydrogen) atoms. The largest absolute Gasteiger partial charge is 0.373 e. The maximum atomic E-state index is 12.8. The lowest BCUT2D eigenvalue weighted by atomic mass is 10.1. The number of halogens is 1. The summed E-state index contributed by atoms with van der Waals surface area (Å²) < 4.78 is 18.5. The Bertz CT molecular complexity index is 453. The van der Waals surface area contributed by atoms with E-state index >= 15 is 0 Å². The lowest BCUT2D eigenvalue weighted by molar-refractivity contribution is -0.126. The molecule has 1 amide bonds. The molecular formula is C15H21FN2O2. The van der Waals surface area contributed by atoms with E-state index in [0.29, 0.717) is 5.69 Å². The van der Waals surface area contributed by atoms with Crippen molar-refractivity contribution in [3.63, 3.8) is 0 Å². The van der Waals surface area contributed by atoms with Crippen LogP contribution in [0, 0.1) is 5.82 Å². The first-order valence-corrected chi connectivity index (χ1v) is 6.91. The molecule has 110 valence electrons. The van der Waals surface area contributed by atoms with Crippen LogP contribution >= 0.6 is 0 Å². The van der Waals surface area contributed by atoms with Gasteiger partial charge in [-0.05, 0) is 45.0 Å². The summed E-state index contributed by atoms with van der Waals surface area (Å²) in [5, 5.41) is 2.81. The number of rotatable bonds is 3. The van der Waals surface area contributed by atoms with E-state index in [0.717, 1.165) is 13.1 Å². The fourth-order valence-corrected chi connectivity index (χ4v) is 2.48. The first-order valence-electron chi connectivity index (χ1n) is 6.91. The molecule has 1 fully saturated rings. The van der Waals surface area contributed by atoms with E-state index in [1.807, 2.05) is 20.8 Å². The summed E-state index contributed by atoms with van der Waals surface area (Å²) in [6.07, 6.45) is 0.250. The van der Waals surface area contributed by atoms with Crippen LogP contribution in [-0.4, -0.2) is 42.1 Å². The molecule has 1 saturated heterocycles. The lowest BCUT2D eigenvalue weighted by Crippen LogP contribution is -2.52. The predicted molar refractivity (Wildman–Crippen MR) is 76.1 cm³/mol. The Morgan fingerprint density at radius 3 is 2.40 bits per heavy atom. The van der Waals surface area contributed by atoms with Crippen LogP contribution in [0.5, 0.6) is 0 Å². The summed E-state index contributed by atoms with van der Waals surface area (Å²) >= 11 is 0. The number of carbonyl (C=O) groups excluding carboxylic acids is 1. The Hall–Kier alpha value is -1.46. The van der Waals surface area contributed by atoms with Gasteiger partial charge in [0.25, 0.3) is 0 Å². The van der Waals surface area contributed by atoms with Crippen molar-refractivity contribution in [2.45, 2.75) is 39.0 Å². The number of nitrogens with one attached hydrogen (secondary N) is 1. The van der Waals surface area contributed by atoms with Gasteiger partial charge in [-0.1, -0.05) is 0 Å². The quantitative estimate of drug-likeness (QED) is 0.923. The molecule has 0 saturated carbocycles. The van der Waals surface area contributed by atoms with Crippen molar-refractivity contribution in [3.05, 3.63) is 30.1 Å². The molecule has 1 heterocycles. The minimum atomic E-state index is -0.313. The van der Waals surface area contributed by atoms with Gasteiger partial charge in [-0.25, -0.2) is 4.39 Å². The van der Waals surface area contributed by atoms with Gasteiger partial charge in [0, 0.05) is 18.8 Å². The number of carbonyl (C=O) groups is 1. The fourth-order valence-electron chi connectivity index (χ4n) is 2.48. The molecule has 1 aromatic carbocycles. The van der Waals surface area contributed by atoms with Crippen molar-refractivity contribution in [1.29, 1.82) is 0 Å².